The molecule has 140 valence electrons. The predicted molar refractivity (Wildman–Crippen MR) is 103 cm³/mol. The maximum atomic E-state index is 12.6. The third-order valence-corrected chi connectivity index (χ3v) is 4.92. The average Bonchev–Trinajstić information content (AvgIpc) is 3.12. The summed E-state index contributed by atoms with van der Waals surface area (Å²) >= 11 is 0. The maximum Gasteiger partial charge on any atom is 0.228 e. The zero-order valence-corrected chi connectivity index (χ0v) is 15.2. The van der Waals surface area contributed by atoms with Crippen molar-refractivity contribution in [2.45, 2.75) is 6.42 Å². The second-order valence-electron chi connectivity index (χ2n) is 6.69. The van der Waals surface area contributed by atoms with Gasteiger partial charge in [0.2, 0.25) is 5.91 Å². The summed E-state index contributed by atoms with van der Waals surface area (Å²) in [6.45, 7) is 4.72. The molecule has 0 unspecified atom stereocenters. The minimum Gasteiger partial charge on any atom is -0.492 e. The van der Waals surface area contributed by atoms with Crippen LogP contribution in [0.1, 0.15) is 5.69 Å². The van der Waals surface area contributed by atoms with Crippen LogP contribution in [0.5, 0.6) is 5.75 Å². The van der Waals surface area contributed by atoms with Gasteiger partial charge in [0.1, 0.15) is 18.1 Å². The van der Waals surface area contributed by atoms with Crippen LogP contribution in [0.2, 0.25) is 0 Å². The number of hydrogen-bond acceptors (Lipinski definition) is 5. The largest absolute Gasteiger partial charge is 0.492 e. The lowest BCUT2D eigenvalue weighted by Gasteiger charge is -2.34. The number of fused-ring (bicyclic) bond motifs is 1. The Bertz CT molecular complexity index is 886. The molecule has 4 rings (SSSR count). The van der Waals surface area contributed by atoms with Gasteiger partial charge in [-0.3, -0.25) is 9.69 Å². The molecular formula is C21H23N3O3. The molecule has 2 heterocycles. The van der Waals surface area contributed by atoms with Crippen molar-refractivity contribution in [2.75, 3.05) is 39.3 Å². The monoisotopic (exact) mass is 365 g/mol. The van der Waals surface area contributed by atoms with Crippen molar-refractivity contribution in [3.63, 3.8) is 0 Å². The lowest BCUT2D eigenvalue weighted by molar-refractivity contribution is -0.132. The van der Waals surface area contributed by atoms with Gasteiger partial charge in [0.05, 0.1) is 6.42 Å². The Balaban J connectivity index is 1.23. The molecule has 1 aliphatic rings. The normalized spacial score (nSPS) is 15.2. The summed E-state index contributed by atoms with van der Waals surface area (Å²) in [7, 11) is 0. The standard InChI is InChI=1S/C21H23N3O3/c25-21(16-19-18-8-4-5-9-20(18)27-22-19)24-12-10-23(11-13-24)14-15-26-17-6-2-1-3-7-17/h1-9H,10-16H2. The molecule has 1 fully saturated rings. The van der Waals surface area contributed by atoms with Crippen molar-refractivity contribution in [2.24, 2.45) is 0 Å². The van der Waals surface area contributed by atoms with Gasteiger partial charge in [-0.2, -0.15) is 0 Å². The van der Waals surface area contributed by atoms with Gasteiger partial charge < -0.3 is 14.2 Å². The second-order valence-corrected chi connectivity index (χ2v) is 6.69. The zero-order chi connectivity index (χ0) is 18.5. The predicted octanol–water partition coefficient (Wildman–Crippen LogP) is 2.59. The van der Waals surface area contributed by atoms with E-state index in [1.54, 1.807) is 0 Å². The Morgan fingerprint density at radius 3 is 2.56 bits per heavy atom. The van der Waals surface area contributed by atoms with Crippen molar-refractivity contribution in [1.82, 2.24) is 15.0 Å². The molecule has 2 aromatic carbocycles. The summed E-state index contributed by atoms with van der Waals surface area (Å²) in [6, 6.07) is 17.5. The van der Waals surface area contributed by atoms with Gasteiger partial charge in [-0.05, 0) is 24.3 Å². The van der Waals surface area contributed by atoms with E-state index in [1.165, 1.54) is 0 Å². The molecule has 1 aromatic heterocycles. The highest BCUT2D eigenvalue weighted by molar-refractivity contribution is 5.86. The molecule has 0 bridgehead atoms. The number of para-hydroxylation sites is 2. The van der Waals surface area contributed by atoms with Gasteiger partial charge in [0.25, 0.3) is 0 Å². The van der Waals surface area contributed by atoms with Crippen LogP contribution in [-0.4, -0.2) is 60.2 Å². The first-order valence-corrected chi connectivity index (χ1v) is 9.31. The highest BCUT2D eigenvalue weighted by Crippen LogP contribution is 2.19. The molecule has 1 amide bonds. The molecule has 27 heavy (non-hydrogen) atoms. The SMILES string of the molecule is O=C(Cc1noc2ccccc12)N1CCN(CCOc2ccccc2)CC1. The van der Waals surface area contributed by atoms with Crippen LogP contribution in [0.15, 0.2) is 59.1 Å². The summed E-state index contributed by atoms with van der Waals surface area (Å²) in [6.07, 6.45) is 0.286. The number of ether oxygens (including phenoxy) is 1. The average molecular weight is 365 g/mol. The van der Waals surface area contributed by atoms with Gasteiger partial charge >= 0.3 is 0 Å². The van der Waals surface area contributed by atoms with Gasteiger partial charge in [-0.15, -0.1) is 0 Å². The third kappa shape index (κ3) is 4.28. The maximum absolute atomic E-state index is 12.6. The third-order valence-electron chi connectivity index (χ3n) is 4.92. The fraction of sp³-hybridized carbons (Fsp3) is 0.333. The Morgan fingerprint density at radius 2 is 1.74 bits per heavy atom. The first kappa shape index (κ1) is 17.5. The number of benzene rings is 2. The van der Waals surface area contributed by atoms with Crippen LogP contribution < -0.4 is 4.74 Å². The van der Waals surface area contributed by atoms with E-state index >= 15 is 0 Å². The summed E-state index contributed by atoms with van der Waals surface area (Å²) in [5.41, 5.74) is 1.44. The topological polar surface area (TPSA) is 58.8 Å². The van der Waals surface area contributed by atoms with E-state index in [0.29, 0.717) is 12.3 Å². The van der Waals surface area contributed by atoms with Crippen molar-refractivity contribution in [3.8, 4) is 5.75 Å². The quantitative estimate of drug-likeness (QED) is 0.672. The summed E-state index contributed by atoms with van der Waals surface area (Å²) in [5, 5.41) is 4.98. The number of carbonyl (C=O) groups is 1. The summed E-state index contributed by atoms with van der Waals surface area (Å²) < 4.78 is 11.0. The van der Waals surface area contributed by atoms with Gasteiger partial charge in [0, 0.05) is 38.1 Å². The van der Waals surface area contributed by atoms with Crippen LogP contribution in [0.3, 0.4) is 0 Å². The van der Waals surface area contributed by atoms with Crippen molar-refractivity contribution in [1.29, 1.82) is 0 Å². The molecule has 6 nitrogen and oxygen atoms in total. The Morgan fingerprint density at radius 1 is 1.00 bits per heavy atom. The highest BCUT2D eigenvalue weighted by Gasteiger charge is 2.22. The van der Waals surface area contributed by atoms with Gasteiger partial charge in [-0.25, -0.2) is 0 Å². The van der Waals surface area contributed by atoms with Crippen LogP contribution >= 0.6 is 0 Å². The molecule has 0 N–H and O–H groups in total. The fourth-order valence-corrected chi connectivity index (χ4v) is 3.35. The molecule has 0 aliphatic carbocycles. The van der Waals surface area contributed by atoms with Crippen molar-refractivity contribution < 1.29 is 14.1 Å². The minimum atomic E-state index is 0.106. The number of carbonyl (C=O) groups excluding carboxylic acids is 1. The molecule has 0 spiro atoms. The number of amides is 1. The molecule has 0 radical (unpaired) electrons. The first-order chi connectivity index (χ1) is 13.3. The Labute approximate surface area is 158 Å². The molecule has 0 saturated carbocycles. The van der Waals surface area contributed by atoms with Crippen LogP contribution in [-0.2, 0) is 11.2 Å². The highest BCUT2D eigenvalue weighted by atomic mass is 16.5. The van der Waals surface area contributed by atoms with Crippen LogP contribution in [0, 0.1) is 0 Å². The van der Waals surface area contributed by atoms with E-state index in [9.17, 15) is 4.79 Å². The van der Waals surface area contributed by atoms with Crippen molar-refractivity contribution in [3.05, 3.63) is 60.3 Å². The molecule has 1 aliphatic heterocycles. The van der Waals surface area contributed by atoms with Gasteiger partial charge in [0.15, 0.2) is 5.58 Å². The molecule has 3 aromatic rings. The lowest BCUT2D eigenvalue weighted by atomic mass is 10.1. The van der Waals surface area contributed by atoms with E-state index in [4.69, 9.17) is 9.26 Å². The van der Waals surface area contributed by atoms with E-state index in [1.807, 2.05) is 59.5 Å². The fourth-order valence-electron chi connectivity index (χ4n) is 3.35. The molecule has 6 heteroatoms. The zero-order valence-electron chi connectivity index (χ0n) is 15.2. The van der Waals surface area contributed by atoms with E-state index in [-0.39, 0.29) is 12.3 Å². The number of nitrogens with zero attached hydrogens (tertiary/aromatic N) is 3. The Hall–Kier alpha value is -2.86. The van der Waals surface area contributed by atoms with Crippen LogP contribution in [0.4, 0.5) is 0 Å². The van der Waals surface area contributed by atoms with Crippen LogP contribution in [0.25, 0.3) is 11.0 Å². The summed E-state index contributed by atoms with van der Waals surface area (Å²) in [5.74, 6) is 1.00. The molecular weight excluding hydrogens is 342 g/mol. The number of hydrogen-bond donors (Lipinski definition) is 0. The number of piperazine rings is 1. The van der Waals surface area contributed by atoms with E-state index in [0.717, 1.165) is 49.4 Å². The lowest BCUT2D eigenvalue weighted by Crippen LogP contribution is -2.50. The smallest absolute Gasteiger partial charge is 0.228 e. The Kier molecular flexibility index (Phi) is 5.34. The summed E-state index contributed by atoms with van der Waals surface area (Å²) in [4.78, 5) is 16.9. The van der Waals surface area contributed by atoms with E-state index in [2.05, 4.69) is 10.1 Å². The van der Waals surface area contributed by atoms with Gasteiger partial charge in [-0.1, -0.05) is 35.5 Å². The number of aromatic nitrogens is 1. The second kappa shape index (κ2) is 8.22. The molecule has 1 saturated heterocycles. The number of rotatable bonds is 6. The first-order valence-electron chi connectivity index (χ1n) is 9.31. The van der Waals surface area contributed by atoms with Crippen molar-refractivity contribution >= 4 is 16.9 Å². The molecule has 0 atom stereocenters. The van der Waals surface area contributed by atoms with E-state index < -0.39 is 0 Å². The minimum absolute atomic E-state index is 0.106.